The molecule has 1 aromatic heterocycles. The lowest BCUT2D eigenvalue weighted by Gasteiger charge is -2.27. The van der Waals surface area contributed by atoms with Crippen molar-refractivity contribution in [2.24, 2.45) is 5.41 Å². The van der Waals surface area contributed by atoms with E-state index >= 15 is 0 Å². The van der Waals surface area contributed by atoms with Gasteiger partial charge < -0.3 is 5.32 Å². The maximum atomic E-state index is 12.5. The Kier molecular flexibility index (Phi) is 5.46. The monoisotopic (exact) mass is 330 g/mol. The second kappa shape index (κ2) is 6.77. The highest BCUT2D eigenvalue weighted by molar-refractivity contribution is 7.89. The van der Waals surface area contributed by atoms with E-state index in [-0.39, 0.29) is 11.5 Å². The SMILES string of the molecule is CCCNCc1cc(S(=O)(=O)NC2CCCC2(C)C)cs1. The van der Waals surface area contributed by atoms with E-state index in [2.05, 4.69) is 30.8 Å². The minimum absolute atomic E-state index is 0.0454. The molecule has 0 spiro atoms. The van der Waals surface area contributed by atoms with E-state index in [1.165, 1.54) is 11.3 Å². The summed E-state index contributed by atoms with van der Waals surface area (Å²) in [6, 6.07) is 1.83. The Hall–Kier alpha value is -0.430. The van der Waals surface area contributed by atoms with E-state index in [0.29, 0.717) is 4.90 Å². The Morgan fingerprint density at radius 1 is 1.43 bits per heavy atom. The summed E-state index contributed by atoms with van der Waals surface area (Å²) in [4.78, 5) is 1.47. The summed E-state index contributed by atoms with van der Waals surface area (Å²) < 4.78 is 27.9. The number of rotatable bonds is 7. The van der Waals surface area contributed by atoms with Gasteiger partial charge in [-0.3, -0.25) is 0 Å². The van der Waals surface area contributed by atoms with E-state index in [1.54, 1.807) is 11.4 Å². The zero-order valence-electron chi connectivity index (χ0n) is 13.1. The van der Waals surface area contributed by atoms with Gasteiger partial charge in [0.1, 0.15) is 0 Å². The van der Waals surface area contributed by atoms with E-state index in [1.807, 2.05) is 0 Å². The molecule has 21 heavy (non-hydrogen) atoms. The van der Waals surface area contributed by atoms with E-state index in [0.717, 1.165) is 43.6 Å². The maximum Gasteiger partial charge on any atom is 0.241 e. The zero-order valence-corrected chi connectivity index (χ0v) is 14.7. The van der Waals surface area contributed by atoms with Crippen molar-refractivity contribution >= 4 is 21.4 Å². The highest BCUT2D eigenvalue weighted by Crippen LogP contribution is 2.38. The molecule has 0 aromatic carbocycles. The van der Waals surface area contributed by atoms with Crippen molar-refractivity contribution in [3.05, 3.63) is 16.3 Å². The number of thiophene rings is 1. The molecule has 0 bridgehead atoms. The fourth-order valence-corrected chi connectivity index (χ4v) is 5.47. The summed E-state index contributed by atoms with van der Waals surface area (Å²) >= 11 is 1.50. The predicted octanol–water partition coefficient (Wildman–Crippen LogP) is 3.10. The predicted molar refractivity (Wildman–Crippen MR) is 88.1 cm³/mol. The third-order valence-electron chi connectivity index (χ3n) is 4.22. The van der Waals surface area contributed by atoms with Gasteiger partial charge in [0.2, 0.25) is 10.0 Å². The van der Waals surface area contributed by atoms with Crippen LogP contribution in [0.1, 0.15) is 51.3 Å². The van der Waals surface area contributed by atoms with Crippen LogP contribution < -0.4 is 10.0 Å². The Morgan fingerprint density at radius 2 is 2.19 bits per heavy atom. The van der Waals surface area contributed by atoms with Gasteiger partial charge in [0, 0.05) is 22.8 Å². The minimum Gasteiger partial charge on any atom is -0.312 e. The second-order valence-electron chi connectivity index (χ2n) is 6.48. The van der Waals surface area contributed by atoms with E-state index in [4.69, 9.17) is 0 Å². The number of hydrogen-bond acceptors (Lipinski definition) is 4. The molecule has 0 radical (unpaired) electrons. The zero-order chi connectivity index (χ0) is 15.5. The molecule has 2 rings (SSSR count). The molecular weight excluding hydrogens is 304 g/mol. The van der Waals surface area contributed by atoms with Crippen molar-refractivity contribution in [3.63, 3.8) is 0 Å². The van der Waals surface area contributed by atoms with Gasteiger partial charge in [0.15, 0.2) is 0 Å². The molecule has 1 heterocycles. The molecule has 1 fully saturated rings. The molecule has 0 aliphatic heterocycles. The molecule has 1 atom stereocenters. The summed E-state index contributed by atoms with van der Waals surface area (Å²) in [6.45, 7) is 8.09. The van der Waals surface area contributed by atoms with Gasteiger partial charge in [0.05, 0.1) is 4.90 Å². The van der Waals surface area contributed by atoms with Crippen molar-refractivity contribution < 1.29 is 8.42 Å². The lowest BCUT2D eigenvalue weighted by Crippen LogP contribution is -2.41. The van der Waals surface area contributed by atoms with Gasteiger partial charge in [-0.1, -0.05) is 27.2 Å². The van der Waals surface area contributed by atoms with Gasteiger partial charge in [-0.25, -0.2) is 13.1 Å². The van der Waals surface area contributed by atoms with Gasteiger partial charge >= 0.3 is 0 Å². The van der Waals surface area contributed by atoms with Gasteiger partial charge in [-0.15, -0.1) is 11.3 Å². The lowest BCUT2D eigenvalue weighted by atomic mass is 9.88. The first kappa shape index (κ1) is 16.9. The maximum absolute atomic E-state index is 12.5. The molecule has 2 N–H and O–H groups in total. The van der Waals surface area contributed by atoms with Crippen LogP contribution in [0.25, 0.3) is 0 Å². The normalized spacial score (nSPS) is 21.8. The van der Waals surface area contributed by atoms with E-state index in [9.17, 15) is 8.42 Å². The minimum atomic E-state index is -3.39. The van der Waals surface area contributed by atoms with Crippen molar-refractivity contribution in [1.29, 1.82) is 0 Å². The van der Waals surface area contributed by atoms with Gasteiger partial charge in [-0.2, -0.15) is 0 Å². The first-order valence-electron chi connectivity index (χ1n) is 7.65. The van der Waals surface area contributed by atoms with Crippen molar-refractivity contribution in [2.75, 3.05) is 6.54 Å². The molecule has 4 nitrogen and oxygen atoms in total. The van der Waals surface area contributed by atoms with Crippen LogP contribution in [0.15, 0.2) is 16.3 Å². The third kappa shape index (κ3) is 4.28. The molecule has 1 aromatic rings. The van der Waals surface area contributed by atoms with Crippen LogP contribution in [0.4, 0.5) is 0 Å². The van der Waals surface area contributed by atoms with E-state index < -0.39 is 10.0 Å². The lowest BCUT2D eigenvalue weighted by molar-refractivity contribution is 0.313. The van der Waals surface area contributed by atoms with Gasteiger partial charge in [-0.05, 0) is 37.3 Å². The van der Waals surface area contributed by atoms with Crippen LogP contribution in [0.2, 0.25) is 0 Å². The second-order valence-corrected chi connectivity index (χ2v) is 9.19. The molecule has 0 amide bonds. The summed E-state index contributed by atoms with van der Waals surface area (Å²) in [5.74, 6) is 0. The first-order chi connectivity index (χ1) is 9.85. The molecule has 6 heteroatoms. The van der Waals surface area contributed by atoms with Gasteiger partial charge in [0.25, 0.3) is 0 Å². The van der Waals surface area contributed by atoms with Crippen LogP contribution in [0, 0.1) is 5.41 Å². The van der Waals surface area contributed by atoms with Crippen molar-refractivity contribution in [1.82, 2.24) is 10.0 Å². The Morgan fingerprint density at radius 3 is 2.81 bits per heavy atom. The Balaban J connectivity index is 2.02. The number of nitrogens with one attached hydrogen (secondary N) is 2. The van der Waals surface area contributed by atoms with Crippen molar-refractivity contribution in [2.45, 2.75) is 63.9 Å². The average Bonchev–Trinajstić information content (AvgIpc) is 2.98. The molecular formula is C15H26N2O2S2. The summed E-state index contributed by atoms with van der Waals surface area (Å²) in [7, 11) is -3.39. The average molecular weight is 331 g/mol. The largest absolute Gasteiger partial charge is 0.312 e. The van der Waals surface area contributed by atoms with Crippen LogP contribution >= 0.6 is 11.3 Å². The fraction of sp³-hybridized carbons (Fsp3) is 0.733. The third-order valence-corrected chi connectivity index (χ3v) is 6.76. The quantitative estimate of drug-likeness (QED) is 0.755. The van der Waals surface area contributed by atoms with Crippen LogP contribution in [-0.2, 0) is 16.6 Å². The summed E-state index contributed by atoms with van der Waals surface area (Å²) in [5, 5.41) is 5.04. The molecule has 1 aliphatic carbocycles. The van der Waals surface area contributed by atoms with Crippen LogP contribution in [-0.4, -0.2) is 21.0 Å². The Labute approximate surface area is 132 Å². The van der Waals surface area contributed by atoms with Crippen LogP contribution in [0.5, 0.6) is 0 Å². The molecule has 0 saturated heterocycles. The topological polar surface area (TPSA) is 58.2 Å². The number of sulfonamides is 1. The number of hydrogen-bond donors (Lipinski definition) is 2. The molecule has 1 unspecified atom stereocenters. The molecule has 120 valence electrons. The highest BCUT2D eigenvalue weighted by atomic mass is 32.2. The van der Waals surface area contributed by atoms with Crippen LogP contribution in [0.3, 0.4) is 0 Å². The first-order valence-corrected chi connectivity index (χ1v) is 10.0. The molecule has 1 saturated carbocycles. The summed E-state index contributed by atoms with van der Waals surface area (Å²) in [5.41, 5.74) is 0.0502. The summed E-state index contributed by atoms with van der Waals surface area (Å²) in [6.07, 6.45) is 4.18. The van der Waals surface area contributed by atoms with Crippen molar-refractivity contribution in [3.8, 4) is 0 Å². The fourth-order valence-electron chi connectivity index (χ4n) is 2.78. The smallest absolute Gasteiger partial charge is 0.241 e. The highest BCUT2D eigenvalue weighted by Gasteiger charge is 2.37. The standard InChI is InChI=1S/C15H26N2O2S2/c1-4-8-16-10-12-9-13(11-20-12)21(18,19)17-14-6-5-7-15(14,2)3/h9,11,14,16-17H,4-8,10H2,1-3H3. The Bertz CT molecular complexity index is 564. The molecule has 1 aliphatic rings.